The molecule has 15 heavy (non-hydrogen) atoms. The molecule has 1 aliphatic rings. The summed E-state index contributed by atoms with van der Waals surface area (Å²) in [6.07, 6.45) is 0.404. The number of benzene rings is 1. The molecule has 0 aromatic heterocycles. The number of carbonyl (C=O) groups excluding carboxylic acids is 1. The van der Waals surface area contributed by atoms with E-state index in [1.807, 2.05) is 0 Å². The Balaban J connectivity index is 2.13. The van der Waals surface area contributed by atoms with Gasteiger partial charge in [0.15, 0.2) is 0 Å². The van der Waals surface area contributed by atoms with Crippen LogP contribution in [0.4, 0.5) is 0 Å². The molecule has 1 aliphatic heterocycles. The second-order valence-electron chi connectivity index (χ2n) is 3.49. The molecule has 4 N–H and O–H groups in total. The summed E-state index contributed by atoms with van der Waals surface area (Å²) in [5.41, 5.74) is 6.75. The molecule has 1 fully saturated rings. The Morgan fingerprint density at radius 3 is 2.40 bits per heavy atom. The second-order valence-corrected chi connectivity index (χ2v) is 3.49. The third-order valence-corrected chi connectivity index (χ3v) is 2.41. The van der Waals surface area contributed by atoms with Crippen LogP contribution < -0.4 is 16.3 Å². The molecule has 6 heteroatoms. The van der Waals surface area contributed by atoms with Gasteiger partial charge in [0.05, 0.1) is 6.04 Å². The molecule has 0 saturated carbocycles. The van der Waals surface area contributed by atoms with Crippen LogP contribution in [0, 0.1) is 0 Å². The molecule has 1 unspecified atom stereocenters. The van der Waals surface area contributed by atoms with E-state index in [0.29, 0.717) is 11.9 Å². The summed E-state index contributed by atoms with van der Waals surface area (Å²) in [7, 11) is -1.45. The second kappa shape index (κ2) is 4.02. The minimum atomic E-state index is -1.45. The van der Waals surface area contributed by atoms with Gasteiger partial charge in [0.25, 0.3) is 0 Å². The van der Waals surface area contributed by atoms with Crippen molar-refractivity contribution in [3.63, 3.8) is 0 Å². The van der Waals surface area contributed by atoms with Crippen LogP contribution in [0.25, 0.3) is 0 Å². The molecule has 0 spiro atoms. The van der Waals surface area contributed by atoms with E-state index in [0.717, 1.165) is 5.56 Å². The van der Waals surface area contributed by atoms with Crippen molar-refractivity contribution in [3.8, 4) is 0 Å². The molecule has 1 atom stereocenters. The van der Waals surface area contributed by atoms with Crippen LogP contribution in [0.3, 0.4) is 0 Å². The lowest BCUT2D eigenvalue weighted by Gasteiger charge is -2.09. The number of hydrazine groups is 1. The molecule has 2 rings (SSSR count). The van der Waals surface area contributed by atoms with E-state index >= 15 is 0 Å². The first kappa shape index (κ1) is 10.2. The van der Waals surface area contributed by atoms with Gasteiger partial charge in [-0.25, -0.2) is 5.43 Å². The highest BCUT2D eigenvalue weighted by molar-refractivity contribution is 6.58. The minimum Gasteiger partial charge on any atom is -0.423 e. The number of hydrogen-bond acceptors (Lipinski definition) is 4. The van der Waals surface area contributed by atoms with Crippen LogP contribution in [-0.2, 0) is 4.79 Å². The Morgan fingerprint density at radius 1 is 1.27 bits per heavy atom. The third-order valence-electron chi connectivity index (χ3n) is 2.41. The van der Waals surface area contributed by atoms with Gasteiger partial charge in [-0.1, -0.05) is 24.3 Å². The van der Waals surface area contributed by atoms with Gasteiger partial charge >= 0.3 is 7.12 Å². The SMILES string of the molecule is O=C1CC(c2ccc(B(O)O)cc2)NN1. The van der Waals surface area contributed by atoms with Crippen LogP contribution >= 0.6 is 0 Å². The van der Waals surface area contributed by atoms with E-state index in [1.54, 1.807) is 24.3 Å². The standard InChI is InChI=1S/C9H11BN2O3/c13-9-5-8(11-12-9)6-1-3-7(4-2-6)10(14)15/h1-4,8,11,14-15H,5H2,(H,12,13). The van der Waals surface area contributed by atoms with Gasteiger partial charge in [0, 0.05) is 6.42 Å². The average molecular weight is 206 g/mol. The van der Waals surface area contributed by atoms with Crippen molar-refractivity contribution in [1.29, 1.82) is 0 Å². The summed E-state index contributed by atoms with van der Waals surface area (Å²) in [6.45, 7) is 0. The van der Waals surface area contributed by atoms with Crippen LogP contribution in [0.5, 0.6) is 0 Å². The molecule has 1 heterocycles. The fourth-order valence-electron chi connectivity index (χ4n) is 1.56. The van der Waals surface area contributed by atoms with Gasteiger partial charge < -0.3 is 10.0 Å². The Hall–Kier alpha value is -1.37. The van der Waals surface area contributed by atoms with Crippen molar-refractivity contribution in [3.05, 3.63) is 29.8 Å². The summed E-state index contributed by atoms with van der Waals surface area (Å²) in [5.74, 6) is -0.0359. The number of carbonyl (C=O) groups is 1. The molecule has 0 bridgehead atoms. The monoisotopic (exact) mass is 206 g/mol. The highest BCUT2D eigenvalue weighted by Gasteiger charge is 2.22. The van der Waals surface area contributed by atoms with Gasteiger partial charge in [-0.15, -0.1) is 0 Å². The predicted molar refractivity (Wildman–Crippen MR) is 54.9 cm³/mol. The minimum absolute atomic E-state index is 0.0359. The Morgan fingerprint density at radius 2 is 1.93 bits per heavy atom. The molecule has 0 aliphatic carbocycles. The summed E-state index contributed by atoms with van der Waals surface area (Å²) in [5, 5.41) is 17.8. The lowest BCUT2D eigenvalue weighted by molar-refractivity contribution is -0.119. The first-order chi connectivity index (χ1) is 7.16. The van der Waals surface area contributed by atoms with E-state index in [-0.39, 0.29) is 11.9 Å². The zero-order valence-electron chi connectivity index (χ0n) is 7.97. The van der Waals surface area contributed by atoms with Crippen molar-refractivity contribution in [2.45, 2.75) is 12.5 Å². The third kappa shape index (κ3) is 2.17. The summed E-state index contributed by atoms with van der Waals surface area (Å²) >= 11 is 0. The summed E-state index contributed by atoms with van der Waals surface area (Å²) in [6, 6.07) is 6.76. The molecule has 1 aromatic rings. The van der Waals surface area contributed by atoms with Crippen LogP contribution in [0.1, 0.15) is 18.0 Å². The van der Waals surface area contributed by atoms with Gasteiger partial charge in [0.1, 0.15) is 0 Å². The number of amides is 1. The van der Waals surface area contributed by atoms with Gasteiger partial charge in [0.2, 0.25) is 5.91 Å². The maximum atomic E-state index is 10.9. The van der Waals surface area contributed by atoms with E-state index in [9.17, 15) is 4.79 Å². The highest BCUT2D eigenvalue weighted by Crippen LogP contribution is 2.17. The van der Waals surface area contributed by atoms with Crippen molar-refractivity contribution in [2.24, 2.45) is 0 Å². The van der Waals surface area contributed by atoms with Crippen molar-refractivity contribution in [1.82, 2.24) is 10.9 Å². The first-order valence-corrected chi connectivity index (χ1v) is 4.67. The molecule has 1 saturated heterocycles. The average Bonchev–Trinajstić information content (AvgIpc) is 2.65. The maximum absolute atomic E-state index is 10.9. The molecule has 78 valence electrons. The fraction of sp³-hybridized carbons (Fsp3) is 0.222. The number of hydrogen-bond donors (Lipinski definition) is 4. The van der Waals surface area contributed by atoms with Gasteiger partial charge in [-0.05, 0) is 11.0 Å². The smallest absolute Gasteiger partial charge is 0.423 e. The highest BCUT2D eigenvalue weighted by atomic mass is 16.4. The lowest BCUT2D eigenvalue weighted by Crippen LogP contribution is -2.30. The predicted octanol–water partition coefficient (Wildman–Crippen LogP) is -1.57. The summed E-state index contributed by atoms with van der Waals surface area (Å²) < 4.78 is 0. The van der Waals surface area contributed by atoms with E-state index < -0.39 is 7.12 Å². The topological polar surface area (TPSA) is 81.6 Å². The Labute approximate surface area is 87.2 Å². The lowest BCUT2D eigenvalue weighted by atomic mass is 9.80. The summed E-state index contributed by atoms with van der Waals surface area (Å²) in [4.78, 5) is 10.9. The van der Waals surface area contributed by atoms with Crippen LogP contribution in [-0.4, -0.2) is 23.1 Å². The largest absolute Gasteiger partial charge is 0.488 e. The van der Waals surface area contributed by atoms with Gasteiger partial charge in [-0.2, -0.15) is 0 Å². The Kier molecular flexibility index (Phi) is 2.72. The van der Waals surface area contributed by atoms with Crippen molar-refractivity contribution >= 4 is 18.5 Å². The van der Waals surface area contributed by atoms with E-state index in [2.05, 4.69) is 10.9 Å². The van der Waals surface area contributed by atoms with Gasteiger partial charge in [-0.3, -0.25) is 10.2 Å². The molecular formula is C9H11BN2O3. The molecule has 5 nitrogen and oxygen atoms in total. The van der Waals surface area contributed by atoms with Crippen LogP contribution in [0.2, 0.25) is 0 Å². The van der Waals surface area contributed by atoms with Crippen LogP contribution in [0.15, 0.2) is 24.3 Å². The normalized spacial score (nSPS) is 20.1. The molecule has 1 aromatic carbocycles. The van der Waals surface area contributed by atoms with Crippen molar-refractivity contribution in [2.75, 3.05) is 0 Å². The van der Waals surface area contributed by atoms with E-state index in [4.69, 9.17) is 10.0 Å². The molecule has 1 amide bonds. The number of rotatable bonds is 2. The zero-order valence-corrected chi connectivity index (χ0v) is 7.97. The molecular weight excluding hydrogens is 195 g/mol. The quantitative estimate of drug-likeness (QED) is 0.441. The zero-order chi connectivity index (χ0) is 10.8. The molecule has 0 radical (unpaired) electrons. The maximum Gasteiger partial charge on any atom is 0.488 e. The number of nitrogens with one attached hydrogen (secondary N) is 2. The van der Waals surface area contributed by atoms with Crippen molar-refractivity contribution < 1.29 is 14.8 Å². The Bertz CT molecular complexity index is 366. The fourth-order valence-corrected chi connectivity index (χ4v) is 1.56. The first-order valence-electron chi connectivity index (χ1n) is 4.67. The van der Waals surface area contributed by atoms with E-state index in [1.165, 1.54) is 0 Å².